The lowest BCUT2D eigenvalue weighted by Crippen LogP contribution is -2.33. The van der Waals surface area contributed by atoms with Gasteiger partial charge in [-0.1, -0.05) is 30.3 Å². The first-order chi connectivity index (χ1) is 11.8. The van der Waals surface area contributed by atoms with Crippen molar-refractivity contribution < 1.29 is 9.15 Å². The number of para-hydroxylation sites is 1. The van der Waals surface area contributed by atoms with Crippen molar-refractivity contribution in [3.8, 4) is 5.75 Å². The van der Waals surface area contributed by atoms with Crippen molar-refractivity contribution >= 4 is 11.0 Å². The van der Waals surface area contributed by atoms with Crippen LogP contribution in [0.4, 0.5) is 0 Å². The van der Waals surface area contributed by atoms with Crippen LogP contribution < -0.4 is 4.74 Å². The minimum absolute atomic E-state index is 0.568. The van der Waals surface area contributed by atoms with Gasteiger partial charge in [0.1, 0.15) is 17.1 Å². The van der Waals surface area contributed by atoms with Crippen molar-refractivity contribution in [3.63, 3.8) is 0 Å². The summed E-state index contributed by atoms with van der Waals surface area (Å²) < 4.78 is 11.4. The summed E-state index contributed by atoms with van der Waals surface area (Å²) in [6.45, 7) is 3.09. The molecule has 4 rings (SSSR count). The first kappa shape index (κ1) is 15.3. The molecule has 1 aliphatic rings. The zero-order chi connectivity index (χ0) is 16.4. The lowest BCUT2D eigenvalue weighted by molar-refractivity contribution is 0.188. The number of nitrogens with zero attached hydrogens (tertiary/aromatic N) is 1. The first-order valence-electron chi connectivity index (χ1n) is 8.65. The van der Waals surface area contributed by atoms with Crippen molar-refractivity contribution in [1.29, 1.82) is 0 Å². The van der Waals surface area contributed by atoms with E-state index in [4.69, 9.17) is 9.15 Å². The number of furan rings is 1. The number of hydrogen-bond acceptors (Lipinski definition) is 3. The van der Waals surface area contributed by atoms with Gasteiger partial charge in [0.05, 0.1) is 13.7 Å². The highest BCUT2D eigenvalue weighted by Crippen LogP contribution is 2.30. The SMILES string of the molecule is COc1cccc(C2CCCN(Cc3cc4ccccc4o3)C2)c1. The topological polar surface area (TPSA) is 25.6 Å². The van der Waals surface area contributed by atoms with Gasteiger partial charge in [0.25, 0.3) is 0 Å². The monoisotopic (exact) mass is 321 g/mol. The van der Waals surface area contributed by atoms with Crippen LogP contribution in [0.2, 0.25) is 0 Å². The summed E-state index contributed by atoms with van der Waals surface area (Å²) in [6.07, 6.45) is 2.46. The molecule has 3 heteroatoms. The second-order valence-corrected chi connectivity index (χ2v) is 6.60. The molecule has 124 valence electrons. The van der Waals surface area contributed by atoms with E-state index in [1.807, 2.05) is 18.2 Å². The van der Waals surface area contributed by atoms with Crippen LogP contribution in [-0.2, 0) is 6.54 Å². The van der Waals surface area contributed by atoms with Gasteiger partial charge in [-0.3, -0.25) is 4.90 Å². The highest BCUT2D eigenvalue weighted by molar-refractivity contribution is 5.77. The molecule has 0 amide bonds. The lowest BCUT2D eigenvalue weighted by Gasteiger charge is -2.32. The van der Waals surface area contributed by atoms with Crippen LogP contribution in [0.25, 0.3) is 11.0 Å². The van der Waals surface area contributed by atoms with Crippen molar-refractivity contribution in [3.05, 3.63) is 65.9 Å². The van der Waals surface area contributed by atoms with Gasteiger partial charge in [-0.05, 0) is 55.1 Å². The molecular formula is C21H23NO2. The largest absolute Gasteiger partial charge is 0.497 e. The zero-order valence-electron chi connectivity index (χ0n) is 14.1. The normalized spacial score (nSPS) is 18.8. The van der Waals surface area contributed by atoms with E-state index in [1.54, 1.807) is 7.11 Å². The van der Waals surface area contributed by atoms with Gasteiger partial charge >= 0.3 is 0 Å². The fourth-order valence-corrected chi connectivity index (χ4v) is 3.70. The fraction of sp³-hybridized carbons (Fsp3) is 0.333. The highest BCUT2D eigenvalue weighted by atomic mass is 16.5. The summed E-state index contributed by atoms with van der Waals surface area (Å²) in [5.74, 6) is 2.57. The second kappa shape index (κ2) is 6.70. The Bertz CT molecular complexity index is 790. The van der Waals surface area contributed by atoms with E-state index in [0.717, 1.165) is 36.7 Å². The van der Waals surface area contributed by atoms with Crippen molar-refractivity contribution in [2.45, 2.75) is 25.3 Å². The Balaban J connectivity index is 1.48. The maximum atomic E-state index is 5.99. The molecule has 1 aromatic heterocycles. The molecule has 1 saturated heterocycles. The maximum absolute atomic E-state index is 5.99. The number of fused-ring (bicyclic) bond motifs is 1. The Morgan fingerprint density at radius 3 is 2.92 bits per heavy atom. The number of rotatable bonds is 4. The highest BCUT2D eigenvalue weighted by Gasteiger charge is 2.22. The van der Waals surface area contributed by atoms with E-state index in [1.165, 1.54) is 23.8 Å². The molecule has 0 spiro atoms. The number of piperidine rings is 1. The standard InChI is InChI=1S/C21H23NO2/c1-23-19-9-4-7-16(12-19)18-8-5-11-22(14-18)15-20-13-17-6-2-3-10-21(17)24-20/h2-4,6-7,9-10,12-13,18H,5,8,11,14-15H2,1H3. The Morgan fingerprint density at radius 1 is 1.12 bits per heavy atom. The number of likely N-dealkylation sites (tertiary alicyclic amines) is 1. The van der Waals surface area contributed by atoms with E-state index in [2.05, 4.69) is 41.3 Å². The van der Waals surface area contributed by atoms with Crippen LogP contribution in [0.5, 0.6) is 5.75 Å². The number of methoxy groups -OCH3 is 1. The third kappa shape index (κ3) is 3.17. The van der Waals surface area contributed by atoms with Crippen LogP contribution in [0.1, 0.15) is 30.1 Å². The molecule has 1 atom stereocenters. The summed E-state index contributed by atoms with van der Waals surface area (Å²) in [7, 11) is 1.73. The minimum Gasteiger partial charge on any atom is -0.497 e. The van der Waals surface area contributed by atoms with Gasteiger partial charge in [-0.2, -0.15) is 0 Å². The molecule has 1 fully saturated rings. The first-order valence-corrected chi connectivity index (χ1v) is 8.65. The molecule has 0 N–H and O–H groups in total. The van der Waals surface area contributed by atoms with Crippen molar-refractivity contribution in [2.75, 3.05) is 20.2 Å². The maximum Gasteiger partial charge on any atom is 0.134 e. The van der Waals surface area contributed by atoms with Crippen LogP contribution >= 0.6 is 0 Å². The predicted octanol–water partition coefficient (Wildman–Crippen LogP) is 4.82. The third-order valence-electron chi connectivity index (χ3n) is 4.93. The molecular weight excluding hydrogens is 298 g/mol. The molecule has 2 heterocycles. The minimum atomic E-state index is 0.568. The molecule has 0 bridgehead atoms. The molecule has 1 unspecified atom stereocenters. The van der Waals surface area contributed by atoms with Crippen molar-refractivity contribution in [2.24, 2.45) is 0 Å². The van der Waals surface area contributed by atoms with E-state index in [9.17, 15) is 0 Å². The van der Waals surface area contributed by atoms with Gasteiger partial charge in [0.2, 0.25) is 0 Å². The van der Waals surface area contributed by atoms with Gasteiger partial charge in [-0.25, -0.2) is 0 Å². The Morgan fingerprint density at radius 2 is 2.04 bits per heavy atom. The third-order valence-corrected chi connectivity index (χ3v) is 4.93. The van der Waals surface area contributed by atoms with Gasteiger partial charge in [0, 0.05) is 11.9 Å². The second-order valence-electron chi connectivity index (χ2n) is 6.60. The van der Waals surface area contributed by atoms with Gasteiger partial charge in [0.15, 0.2) is 0 Å². The molecule has 2 aromatic carbocycles. The van der Waals surface area contributed by atoms with Crippen LogP contribution in [0.3, 0.4) is 0 Å². The summed E-state index contributed by atoms with van der Waals surface area (Å²) in [5.41, 5.74) is 2.36. The Labute approximate surface area is 142 Å². The molecule has 0 aliphatic carbocycles. The summed E-state index contributed by atoms with van der Waals surface area (Å²) in [5, 5.41) is 1.19. The van der Waals surface area contributed by atoms with E-state index >= 15 is 0 Å². The number of benzene rings is 2. The average Bonchev–Trinajstić information content (AvgIpc) is 3.04. The van der Waals surface area contributed by atoms with Crippen molar-refractivity contribution in [1.82, 2.24) is 4.90 Å². The van der Waals surface area contributed by atoms with Crippen LogP contribution in [0.15, 0.2) is 59.0 Å². The molecule has 3 nitrogen and oxygen atoms in total. The molecule has 1 aliphatic heterocycles. The van der Waals surface area contributed by atoms with Crippen LogP contribution in [-0.4, -0.2) is 25.1 Å². The predicted molar refractivity (Wildman–Crippen MR) is 96.5 cm³/mol. The smallest absolute Gasteiger partial charge is 0.134 e. The summed E-state index contributed by atoms with van der Waals surface area (Å²) in [6, 6.07) is 18.9. The lowest BCUT2D eigenvalue weighted by atomic mass is 9.90. The quantitative estimate of drug-likeness (QED) is 0.689. The average molecular weight is 321 g/mol. The molecule has 3 aromatic rings. The number of hydrogen-bond donors (Lipinski definition) is 0. The number of ether oxygens (including phenoxy) is 1. The Kier molecular flexibility index (Phi) is 4.26. The van der Waals surface area contributed by atoms with Gasteiger partial charge < -0.3 is 9.15 Å². The van der Waals surface area contributed by atoms with Gasteiger partial charge in [-0.15, -0.1) is 0 Å². The Hall–Kier alpha value is -2.26. The zero-order valence-corrected chi connectivity index (χ0v) is 14.1. The molecule has 0 saturated carbocycles. The van der Waals surface area contributed by atoms with E-state index in [0.29, 0.717) is 5.92 Å². The molecule has 24 heavy (non-hydrogen) atoms. The molecule has 0 radical (unpaired) electrons. The summed E-state index contributed by atoms with van der Waals surface area (Å²) in [4.78, 5) is 2.51. The fourth-order valence-electron chi connectivity index (χ4n) is 3.70. The van der Waals surface area contributed by atoms with Crippen LogP contribution in [0, 0.1) is 0 Å². The van der Waals surface area contributed by atoms with E-state index < -0.39 is 0 Å². The van der Waals surface area contributed by atoms with E-state index in [-0.39, 0.29) is 0 Å². The summed E-state index contributed by atoms with van der Waals surface area (Å²) >= 11 is 0.